The zero-order valence-electron chi connectivity index (χ0n) is 16.7. The van der Waals surface area contributed by atoms with Gasteiger partial charge in [-0.1, -0.05) is 78.3 Å². The molecule has 0 saturated heterocycles. The molecule has 3 N–H and O–H groups in total. The first-order valence-corrected chi connectivity index (χ1v) is 10.4. The lowest BCUT2D eigenvalue weighted by molar-refractivity contribution is -0.146. The lowest BCUT2D eigenvalue weighted by atomic mass is 9.90. The topological polar surface area (TPSA) is 89.6 Å². The highest BCUT2D eigenvalue weighted by atomic mass is 35.5. The van der Waals surface area contributed by atoms with Crippen LogP contribution in [0.5, 0.6) is 0 Å². The van der Waals surface area contributed by atoms with E-state index in [1.165, 1.54) is 0 Å². The van der Waals surface area contributed by atoms with Gasteiger partial charge >= 0.3 is 11.9 Å². The van der Waals surface area contributed by atoms with Crippen LogP contribution in [-0.2, 0) is 14.3 Å². The molecule has 0 saturated carbocycles. The Kier molecular flexibility index (Phi) is 6.07. The molecule has 6 heteroatoms. The maximum atomic E-state index is 13.1. The lowest BCUT2D eigenvalue weighted by Crippen LogP contribution is -2.37. The predicted octanol–water partition coefficient (Wildman–Crippen LogP) is 4.58. The Balaban J connectivity index is 1.60. The van der Waals surface area contributed by atoms with Gasteiger partial charge in [0.05, 0.1) is 12.3 Å². The van der Waals surface area contributed by atoms with Crippen molar-refractivity contribution < 1.29 is 19.4 Å². The maximum absolute atomic E-state index is 13.1. The van der Waals surface area contributed by atoms with E-state index in [1.807, 2.05) is 36.4 Å². The number of hydrogen-bond donors (Lipinski definition) is 2. The van der Waals surface area contributed by atoms with Crippen LogP contribution in [0.25, 0.3) is 11.1 Å². The third-order valence-corrected chi connectivity index (χ3v) is 6.03. The predicted molar refractivity (Wildman–Crippen MR) is 119 cm³/mol. The van der Waals surface area contributed by atoms with Crippen LogP contribution in [-0.4, -0.2) is 29.7 Å². The Bertz CT molecular complexity index is 1080. The van der Waals surface area contributed by atoms with E-state index < -0.39 is 23.9 Å². The summed E-state index contributed by atoms with van der Waals surface area (Å²) in [6.45, 7) is 0.133. The Morgan fingerprint density at radius 2 is 1.48 bits per heavy atom. The van der Waals surface area contributed by atoms with Gasteiger partial charge < -0.3 is 15.6 Å². The van der Waals surface area contributed by atoms with Gasteiger partial charge in [0.25, 0.3) is 0 Å². The number of carbonyl (C=O) groups is 2. The molecule has 0 aromatic heterocycles. The third-order valence-electron chi connectivity index (χ3n) is 5.69. The highest BCUT2D eigenvalue weighted by Crippen LogP contribution is 2.44. The Morgan fingerprint density at radius 1 is 0.935 bits per heavy atom. The summed E-state index contributed by atoms with van der Waals surface area (Å²) in [5.41, 5.74) is 11.0. The van der Waals surface area contributed by atoms with E-state index in [4.69, 9.17) is 22.1 Å². The van der Waals surface area contributed by atoms with Crippen molar-refractivity contribution in [2.75, 3.05) is 6.61 Å². The smallest absolute Gasteiger partial charge is 0.315 e. The van der Waals surface area contributed by atoms with Crippen molar-refractivity contribution in [1.29, 1.82) is 0 Å². The molecule has 3 aromatic carbocycles. The number of aliphatic carboxylic acids is 1. The van der Waals surface area contributed by atoms with Crippen LogP contribution in [0, 0.1) is 0 Å². The average Bonchev–Trinajstić information content (AvgIpc) is 3.07. The van der Waals surface area contributed by atoms with Crippen LogP contribution in [0.15, 0.2) is 72.8 Å². The molecule has 0 radical (unpaired) electrons. The molecule has 0 amide bonds. The first-order valence-electron chi connectivity index (χ1n) is 10.0. The molecule has 4 rings (SSSR count). The summed E-state index contributed by atoms with van der Waals surface area (Å²) >= 11 is 6.29. The second kappa shape index (κ2) is 8.92. The van der Waals surface area contributed by atoms with Crippen molar-refractivity contribution >= 4 is 23.5 Å². The summed E-state index contributed by atoms with van der Waals surface area (Å²) in [5.74, 6) is -2.74. The van der Waals surface area contributed by atoms with Crippen molar-refractivity contribution in [1.82, 2.24) is 0 Å². The molecular weight excluding hydrogens is 414 g/mol. The number of carbonyl (C=O) groups excluding carboxylic acids is 1. The quantitative estimate of drug-likeness (QED) is 0.530. The molecule has 3 aromatic rings. The van der Waals surface area contributed by atoms with Crippen LogP contribution in [0.4, 0.5) is 0 Å². The number of nitrogens with two attached hydrogens (primary N) is 1. The molecule has 0 heterocycles. The molecule has 0 aliphatic heterocycles. The maximum Gasteiger partial charge on any atom is 0.315 e. The van der Waals surface area contributed by atoms with Crippen LogP contribution in [0.3, 0.4) is 0 Å². The van der Waals surface area contributed by atoms with Crippen LogP contribution >= 0.6 is 11.6 Å². The Morgan fingerprint density at radius 3 is 2.06 bits per heavy atom. The molecule has 1 aliphatic rings. The average molecular weight is 436 g/mol. The number of carboxylic acid groups (broad SMARTS) is 1. The van der Waals surface area contributed by atoms with Crippen molar-refractivity contribution in [2.45, 2.75) is 24.3 Å². The van der Waals surface area contributed by atoms with Crippen LogP contribution in [0.1, 0.15) is 34.9 Å². The van der Waals surface area contributed by atoms with E-state index in [0.29, 0.717) is 10.6 Å². The number of halogens is 1. The van der Waals surface area contributed by atoms with Crippen molar-refractivity contribution in [3.05, 3.63) is 94.5 Å². The van der Waals surface area contributed by atoms with E-state index in [2.05, 4.69) is 12.1 Å². The Labute approximate surface area is 185 Å². The number of hydrogen-bond acceptors (Lipinski definition) is 4. The molecule has 31 heavy (non-hydrogen) atoms. The van der Waals surface area contributed by atoms with Gasteiger partial charge in [-0.25, -0.2) is 0 Å². The second-order valence-corrected chi connectivity index (χ2v) is 8.03. The fourth-order valence-corrected chi connectivity index (χ4v) is 4.53. The van der Waals surface area contributed by atoms with E-state index >= 15 is 0 Å². The number of esters is 1. The molecule has 158 valence electrons. The SMILES string of the molecule is N[C@H](CC(=O)O)C(C(=O)OCC1c2ccccc2-c2ccccc21)c1ccccc1Cl. The van der Waals surface area contributed by atoms with E-state index in [0.717, 1.165) is 22.3 Å². The fraction of sp³-hybridized carbons (Fsp3) is 0.200. The minimum atomic E-state index is -1.09. The van der Waals surface area contributed by atoms with E-state index in [1.54, 1.807) is 24.3 Å². The number of carboxylic acids is 1. The summed E-state index contributed by atoms with van der Waals surface area (Å²) in [6.07, 6.45) is -0.375. The molecule has 1 unspecified atom stereocenters. The monoisotopic (exact) mass is 435 g/mol. The first-order chi connectivity index (χ1) is 15.0. The fourth-order valence-electron chi connectivity index (χ4n) is 4.27. The Hall–Kier alpha value is -3.15. The minimum Gasteiger partial charge on any atom is -0.481 e. The molecular formula is C25H22ClNO4. The van der Waals surface area contributed by atoms with Crippen molar-refractivity contribution in [2.24, 2.45) is 5.73 Å². The summed E-state index contributed by atoms with van der Waals surface area (Å²) in [5, 5.41) is 9.54. The molecule has 1 aliphatic carbocycles. The number of ether oxygens (including phenoxy) is 1. The van der Waals surface area contributed by atoms with E-state index in [9.17, 15) is 14.7 Å². The van der Waals surface area contributed by atoms with E-state index in [-0.39, 0.29) is 18.9 Å². The summed E-state index contributed by atoms with van der Waals surface area (Å²) in [6, 6.07) is 21.9. The number of fused-ring (bicyclic) bond motifs is 3. The van der Waals surface area contributed by atoms with Crippen LogP contribution in [0.2, 0.25) is 5.02 Å². The summed E-state index contributed by atoms with van der Waals surface area (Å²) < 4.78 is 5.74. The standard InChI is InChI=1S/C25H22ClNO4/c26-21-12-6-5-11-19(21)24(22(27)13-23(28)29)25(30)31-14-20-17-9-3-1-7-15(17)16-8-2-4-10-18(16)20/h1-12,20,22,24H,13-14,27H2,(H,28,29)/t22-,24?/m1/s1. The largest absolute Gasteiger partial charge is 0.481 e. The first kappa shape index (κ1) is 21.1. The second-order valence-electron chi connectivity index (χ2n) is 7.62. The lowest BCUT2D eigenvalue weighted by Gasteiger charge is -2.24. The summed E-state index contributed by atoms with van der Waals surface area (Å²) in [4.78, 5) is 24.4. The molecule has 0 spiro atoms. The highest BCUT2D eigenvalue weighted by Gasteiger charge is 2.34. The molecule has 2 atom stereocenters. The van der Waals surface area contributed by atoms with Crippen molar-refractivity contribution in [3.8, 4) is 11.1 Å². The zero-order valence-corrected chi connectivity index (χ0v) is 17.5. The van der Waals surface area contributed by atoms with Gasteiger partial charge in [-0.05, 0) is 33.9 Å². The minimum absolute atomic E-state index is 0.0982. The van der Waals surface area contributed by atoms with Gasteiger partial charge in [-0.15, -0.1) is 0 Å². The van der Waals surface area contributed by atoms with Gasteiger partial charge in [-0.3, -0.25) is 9.59 Å². The normalized spacial score (nSPS) is 14.4. The number of benzene rings is 3. The molecule has 0 bridgehead atoms. The summed E-state index contributed by atoms with van der Waals surface area (Å²) in [7, 11) is 0. The molecule has 0 fully saturated rings. The van der Waals surface area contributed by atoms with Gasteiger partial charge in [-0.2, -0.15) is 0 Å². The zero-order chi connectivity index (χ0) is 22.0. The van der Waals surface area contributed by atoms with Gasteiger partial charge in [0, 0.05) is 17.0 Å². The third kappa shape index (κ3) is 4.20. The van der Waals surface area contributed by atoms with Crippen molar-refractivity contribution in [3.63, 3.8) is 0 Å². The molecule has 5 nitrogen and oxygen atoms in total. The van der Waals surface area contributed by atoms with Gasteiger partial charge in [0.15, 0.2) is 0 Å². The number of rotatable bonds is 7. The highest BCUT2D eigenvalue weighted by molar-refractivity contribution is 6.31. The van der Waals surface area contributed by atoms with Gasteiger partial charge in [0.2, 0.25) is 0 Å². The van der Waals surface area contributed by atoms with Gasteiger partial charge in [0.1, 0.15) is 6.61 Å². The van der Waals surface area contributed by atoms with Crippen LogP contribution < -0.4 is 5.73 Å².